The van der Waals surface area contributed by atoms with E-state index in [0.717, 1.165) is 211 Å². The van der Waals surface area contributed by atoms with Gasteiger partial charge in [0.1, 0.15) is 45.7 Å². The van der Waals surface area contributed by atoms with Crippen LogP contribution in [0.15, 0.2) is 164 Å². The van der Waals surface area contributed by atoms with Crippen LogP contribution in [0.2, 0.25) is 0 Å². The highest BCUT2D eigenvalue weighted by molar-refractivity contribution is 6.03. The summed E-state index contributed by atoms with van der Waals surface area (Å²) >= 11 is 0. The van der Waals surface area contributed by atoms with Crippen LogP contribution in [0.25, 0.3) is 134 Å². The van der Waals surface area contributed by atoms with Crippen LogP contribution in [0.5, 0.6) is 0 Å². The third kappa shape index (κ3) is 11.3. The number of fused-ring (bicyclic) bond motifs is 9. The summed E-state index contributed by atoms with van der Waals surface area (Å²) < 4.78 is 8.54. The number of para-hydroxylation sites is 12. The number of aromatic amines is 3. The maximum absolute atomic E-state index is 6.72. The van der Waals surface area contributed by atoms with Crippen LogP contribution in [0, 0.1) is 6.92 Å². The molecule has 10 heterocycles. The van der Waals surface area contributed by atoms with Gasteiger partial charge in [-0.15, -0.1) is 0 Å². The van der Waals surface area contributed by atoms with Crippen LogP contribution >= 0.6 is 0 Å². The number of aromatic nitrogens is 17. The molecule has 0 aliphatic heterocycles. The number of aryl methyl sites for hydroxylation is 4. The van der Waals surface area contributed by atoms with Crippen molar-refractivity contribution in [3.05, 3.63) is 170 Å². The van der Waals surface area contributed by atoms with Gasteiger partial charge in [0.15, 0.2) is 16.9 Å². The zero-order chi connectivity index (χ0) is 62.1. The van der Waals surface area contributed by atoms with E-state index in [1.807, 2.05) is 164 Å². The molecule has 0 bridgehead atoms. The molecule has 0 amide bonds. The molecule has 7 N–H and O–H groups in total. The highest BCUT2D eigenvalue weighted by Gasteiger charge is 2.26. The summed E-state index contributed by atoms with van der Waals surface area (Å²) in [6.45, 7) is 13.9. The summed E-state index contributed by atoms with van der Waals surface area (Å²) in [5, 5.41) is 0. The van der Waals surface area contributed by atoms with Gasteiger partial charge in [0, 0.05) is 44.3 Å². The average Bonchev–Trinajstić information content (AvgIpc) is 1.65. The van der Waals surface area contributed by atoms with E-state index in [1.54, 1.807) is 0 Å². The number of nitrogens with one attached hydrogen (secondary N) is 3. The Bertz CT molecular complexity index is 5150. The number of imidazole rings is 4. The fourth-order valence-corrected chi connectivity index (χ4v) is 12.3. The van der Waals surface area contributed by atoms with Gasteiger partial charge in [-0.05, 0) is 139 Å². The molecule has 21 heteroatoms. The van der Waals surface area contributed by atoms with Crippen molar-refractivity contribution in [2.45, 2.75) is 66.2 Å². The number of hydrogen-bond acceptors (Lipinski definition) is 14. The van der Waals surface area contributed by atoms with E-state index in [2.05, 4.69) is 82.9 Å². The van der Waals surface area contributed by atoms with Crippen molar-refractivity contribution in [3.8, 4) is 34.2 Å². The number of nitrogens with zero attached hydrogens (tertiary/aromatic N) is 16. The minimum atomic E-state index is 0.646. The Kier molecular flexibility index (Phi) is 15.8. The lowest BCUT2D eigenvalue weighted by atomic mass is 10.2. The predicted molar refractivity (Wildman–Crippen MR) is 366 cm³/mol. The molecule has 91 heavy (non-hydrogen) atoms. The van der Waals surface area contributed by atoms with Crippen LogP contribution in [-0.4, -0.2) is 133 Å². The Morgan fingerprint density at radius 3 is 1.16 bits per heavy atom. The molecule has 0 aliphatic rings. The first-order valence-electron chi connectivity index (χ1n) is 31.1. The van der Waals surface area contributed by atoms with Gasteiger partial charge in [-0.25, -0.2) is 49.8 Å². The molecular weight excluding hydrogens is 1130 g/mol. The molecule has 0 aliphatic carbocycles. The van der Waals surface area contributed by atoms with Crippen LogP contribution in [0.4, 0.5) is 11.6 Å². The topological polar surface area (TPSA) is 255 Å². The molecule has 0 unspecified atom stereocenters. The van der Waals surface area contributed by atoms with Gasteiger partial charge in [0.2, 0.25) is 0 Å². The quantitative estimate of drug-likeness (QED) is 0.0568. The highest BCUT2D eigenvalue weighted by Crippen LogP contribution is 2.39. The summed E-state index contributed by atoms with van der Waals surface area (Å²) in [5.74, 6) is 3.60. The molecule has 16 rings (SSSR count). The Morgan fingerprint density at radius 2 is 0.769 bits per heavy atom. The van der Waals surface area contributed by atoms with Gasteiger partial charge in [-0.2, -0.15) is 0 Å². The second-order valence-corrected chi connectivity index (χ2v) is 23.1. The standard InChI is InChI=1S/C24H21N7.C24H27N7.C22H23N7/c1-16-21(23-27-18-8-3-4-9-19(18)28-23)22-24(29-20-10-5-2-7-17(20)26-22)31(16)13-6-12-30-14-11-25-15-30;1-3-30(4-2)14-9-15-31-22(25)20(23-27-17-11-6-7-12-18(17)28-23)21-24(31)29-19-13-8-5-10-16(19)26-21;1-28(2)12-7-13-29-20(23)18(21-25-15-9-4-5-10-16(15)26-21)19-22(29)27-17-11-6-3-8-14(17)24-19/h2-5,7-11,14-15H,6,12-13H2,1H3,(H,27,28);5-8,10-13H,3-4,9,14-15,25H2,1-2H3,(H,27,28);3-6,8-11H,7,12-13,23H2,1-2H3,(H,25,26). The number of nitrogen functional groups attached to an aromatic ring is 2. The lowest BCUT2D eigenvalue weighted by Crippen LogP contribution is -2.25. The highest BCUT2D eigenvalue weighted by atomic mass is 15.2. The molecule has 456 valence electrons. The van der Waals surface area contributed by atoms with E-state index in [9.17, 15) is 0 Å². The van der Waals surface area contributed by atoms with Crippen molar-refractivity contribution in [1.82, 2.24) is 92.9 Å². The smallest absolute Gasteiger partial charge is 0.161 e. The minimum Gasteiger partial charge on any atom is -0.384 e. The van der Waals surface area contributed by atoms with Crippen LogP contribution in [-0.2, 0) is 26.2 Å². The molecule has 0 saturated heterocycles. The van der Waals surface area contributed by atoms with Crippen molar-refractivity contribution in [2.75, 3.05) is 51.7 Å². The summed E-state index contributed by atoms with van der Waals surface area (Å²) in [6.07, 6.45) is 8.59. The molecule has 21 nitrogen and oxygen atoms in total. The van der Waals surface area contributed by atoms with Gasteiger partial charge >= 0.3 is 0 Å². The summed E-state index contributed by atoms with van der Waals surface area (Å²) in [5.41, 5.74) is 33.1. The minimum absolute atomic E-state index is 0.646. The number of H-pyrrole nitrogens is 3. The fraction of sp³-hybridized carbons (Fsp3) is 0.229. The summed E-state index contributed by atoms with van der Waals surface area (Å²) in [4.78, 5) is 63.2. The van der Waals surface area contributed by atoms with Crippen molar-refractivity contribution < 1.29 is 0 Å². The first-order valence-corrected chi connectivity index (χ1v) is 31.1. The predicted octanol–water partition coefficient (Wildman–Crippen LogP) is 12.8. The zero-order valence-electron chi connectivity index (χ0n) is 51.7. The third-order valence-corrected chi connectivity index (χ3v) is 17.0. The molecule has 0 fully saturated rings. The second kappa shape index (κ2) is 24.9. The van der Waals surface area contributed by atoms with E-state index >= 15 is 0 Å². The second-order valence-electron chi connectivity index (χ2n) is 23.1. The van der Waals surface area contributed by atoms with Gasteiger partial charge in [-0.3, -0.25) is 0 Å². The molecule has 0 atom stereocenters. The fourth-order valence-electron chi connectivity index (χ4n) is 12.3. The first kappa shape index (κ1) is 57.8. The van der Waals surface area contributed by atoms with Crippen molar-refractivity contribution in [3.63, 3.8) is 0 Å². The Balaban J connectivity index is 0.000000119. The van der Waals surface area contributed by atoms with Gasteiger partial charge in [0.05, 0.1) is 89.2 Å². The molecule has 6 aromatic carbocycles. The zero-order valence-corrected chi connectivity index (χ0v) is 51.7. The third-order valence-electron chi connectivity index (χ3n) is 17.0. The molecule has 0 radical (unpaired) electrons. The SMILES string of the molecule is CCN(CC)CCCn1c(N)c(-c2nc3ccccc3[nH]2)c2nc3ccccc3nc21.CN(C)CCCn1c(N)c(-c2nc3ccccc3[nH]2)c2nc3ccccc3nc21.Cc1c(-c2nc3ccccc3[nH]2)c2nc3ccccc3nc2n1CCCn1ccnc1. The first-order chi connectivity index (χ1) is 44.6. The van der Waals surface area contributed by atoms with Crippen molar-refractivity contribution in [2.24, 2.45) is 0 Å². The number of anilines is 2. The number of nitrogens with two attached hydrogens (primary N) is 2. The normalized spacial score (nSPS) is 11.9. The van der Waals surface area contributed by atoms with E-state index in [0.29, 0.717) is 11.6 Å². The Hall–Kier alpha value is -10.9. The van der Waals surface area contributed by atoms with Crippen molar-refractivity contribution in [1.29, 1.82) is 0 Å². The average molecular weight is 1210 g/mol. The molecular formula is C70H71N21. The van der Waals surface area contributed by atoms with Gasteiger partial charge in [0.25, 0.3) is 0 Å². The number of rotatable bonds is 17. The lowest BCUT2D eigenvalue weighted by Gasteiger charge is -2.18. The van der Waals surface area contributed by atoms with Crippen LogP contribution in [0.1, 0.15) is 38.8 Å². The summed E-state index contributed by atoms with van der Waals surface area (Å²) in [7, 11) is 4.15. The number of hydrogen-bond donors (Lipinski definition) is 5. The van der Waals surface area contributed by atoms with E-state index in [1.165, 1.54) is 0 Å². The molecule has 16 aromatic rings. The van der Waals surface area contributed by atoms with E-state index < -0.39 is 0 Å². The van der Waals surface area contributed by atoms with Crippen molar-refractivity contribution >= 4 is 111 Å². The maximum atomic E-state index is 6.72. The Morgan fingerprint density at radius 1 is 0.407 bits per heavy atom. The van der Waals surface area contributed by atoms with Crippen LogP contribution < -0.4 is 11.5 Å². The molecule has 0 spiro atoms. The maximum Gasteiger partial charge on any atom is 0.161 e. The lowest BCUT2D eigenvalue weighted by molar-refractivity contribution is 0.294. The Labute approximate surface area is 523 Å². The largest absolute Gasteiger partial charge is 0.384 e. The van der Waals surface area contributed by atoms with Crippen LogP contribution in [0.3, 0.4) is 0 Å². The van der Waals surface area contributed by atoms with E-state index in [4.69, 9.17) is 56.3 Å². The number of benzene rings is 6. The van der Waals surface area contributed by atoms with E-state index in [-0.39, 0.29) is 0 Å². The summed E-state index contributed by atoms with van der Waals surface area (Å²) in [6, 6.07) is 47.9. The van der Waals surface area contributed by atoms with Gasteiger partial charge < -0.3 is 54.5 Å². The molecule has 10 aromatic heterocycles. The van der Waals surface area contributed by atoms with Gasteiger partial charge in [-0.1, -0.05) is 86.6 Å². The molecule has 0 saturated carbocycles. The monoisotopic (exact) mass is 1210 g/mol.